The van der Waals surface area contributed by atoms with Gasteiger partial charge in [-0.3, -0.25) is 0 Å². The molecule has 2 heterocycles. The zero-order valence-corrected chi connectivity index (χ0v) is 13.6. The summed E-state index contributed by atoms with van der Waals surface area (Å²) in [7, 11) is 1.77. The predicted octanol–water partition coefficient (Wildman–Crippen LogP) is 2.60. The van der Waals surface area contributed by atoms with Crippen LogP contribution < -0.4 is 9.47 Å². The Morgan fingerprint density at radius 2 is 1.88 bits per heavy atom. The highest BCUT2D eigenvalue weighted by Gasteiger charge is 2.25. The van der Waals surface area contributed by atoms with E-state index in [9.17, 15) is 14.7 Å². The van der Waals surface area contributed by atoms with E-state index in [1.165, 1.54) is 6.07 Å². The summed E-state index contributed by atoms with van der Waals surface area (Å²) < 4.78 is 17.4. The molecule has 0 atom stereocenters. The maximum Gasteiger partial charge on any atom is 0.339 e. The van der Waals surface area contributed by atoms with Crippen molar-refractivity contribution in [3.05, 3.63) is 35.0 Å². The van der Waals surface area contributed by atoms with Crippen LogP contribution in [0.15, 0.2) is 18.2 Å². The summed E-state index contributed by atoms with van der Waals surface area (Å²) in [6, 6.07) is 4.69. The fourth-order valence-electron chi connectivity index (χ4n) is 2.70. The Bertz CT molecular complexity index is 836. The molecule has 0 spiro atoms. The molecule has 3 rings (SSSR count). The molecule has 126 valence electrons. The van der Waals surface area contributed by atoms with Crippen LogP contribution in [0.1, 0.15) is 33.3 Å². The van der Waals surface area contributed by atoms with Crippen LogP contribution in [0.5, 0.6) is 11.5 Å². The highest BCUT2D eigenvalue weighted by molar-refractivity contribution is 5.99. The van der Waals surface area contributed by atoms with E-state index >= 15 is 0 Å². The van der Waals surface area contributed by atoms with Crippen molar-refractivity contribution in [3.8, 4) is 22.8 Å². The average molecular weight is 331 g/mol. The zero-order valence-electron chi connectivity index (χ0n) is 13.6. The normalized spacial score (nSPS) is 12.3. The molecule has 0 unspecified atom stereocenters. The van der Waals surface area contributed by atoms with Gasteiger partial charge in [0.2, 0.25) is 6.79 Å². The lowest BCUT2D eigenvalue weighted by Gasteiger charge is -2.10. The molecule has 0 amide bonds. The highest BCUT2D eigenvalue weighted by Crippen LogP contribution is 2.39. The van der Waals surface area contributed by atoms with Crippen LogP contribution >= 0.6 is 0 Å². The van der Waals surface area contributed by atoms with E-state index in [0.717, 1.165) is 0 Å². The maximum atomic E-state index is 12.1. The van der Waals surface area contributed by atoms with E-state index in [-0.39, 0.29) is 19.0 Å². The number of rotatable bonds is 4. The van der Waals surface area contributed by atoms with Crippen LogP contribution in [0.25, 0.3) is 11.3 Å². The quantitative estimate of drug-likeness (QED) is 0.867. The summed E-state index contributed by atoms with van der Waals surface area (Å²) in [6.45, 7) is 3.84. The average Bonchev–Trinajstić information content (AvgIpc) is 3.11. The number of carboxylic acids is 1. The minimum absolute atomic E-state index is 0.0537. The first-order valence-electron chi connectivity index (χ1n) is 7.44. The fourth-order valence-corrected chi connectivity index (χ4v) is 2.70. The molecule has 2 aromatic rings. The van der Waals surface area contributed by atoms with E-state index in [2.05, 4.69) is 0 Å². The van der Waals surface area contributed by atoms with Crippen LogP contribution in [0.4, 0.5) is 0 Å². The standard InChI is InChI=1S/C17H17NO6/c1-4-22-17(21)10-5-13(18(3)9(10)2)11-6-14-15(24-8-23-14)7-12(11)16(19)20/h5-7H,4,8H2,1-3H3,(H,19,20). The first kappa shape index (κ1) is 15.9. The van der Waals surface area contributed by atoms with Gasteiger partial charge in [-0.1, -0.05) is 0 Å². The van der Waals surface area contributed by atoms with Crippen LogP contribution in [-0.2, 0) is 11.8 Å². The van der Waals surface area contributed by atoms with E-state index in [1.807, 2.05) is 0 Å². The Labute approximate surface area is 138 Å². The third kappa shape index (κ3) is 2.47. The number of fused-ring (bicyclic) bond motifs is 1. The summed E-state index contributed by atoms with van der Waals surface area (Å²) in [5, 5.41) is 9.52. The third-order valence-corrected chi connectivity index (χ3v) is 4.05. The number of ether oxygens (including phenoxy) is 3. The van der Waals surface area contributed by atoms with Crippen molar-refractivity contribution in [2.45, 2.75) is 13.8 Å². The number of aromatic carboxylic acids is 1. The maximum absolute atomic E-state index is 12.1. The smallest absolute Gasteiger partial charge is 0.339 e. The molecule has 1 aliphatic heterocycles. The molecule has 0 radical (unpaired) electrons. The number of carbonyl (C=O) groups excluding carboxylic acids is 1. The minimum atomic E-state index is -1.08. The zero-order chi connectivity index (χ0) is 17.4. The van der Waals surface area contributed by atoms with Gasteiger partial charge in [-0.05, 0) is 32.0 Å². The first-order valence-corrected chi connectivity index (χ1v) is 7.44. The number of benzene rings is 1. The summed E-state index contributed by atoms with van der Waals surface area (Å²) in [6.07, 6.45) is 0. The molecular formula is C17H17NO6. The molecule has 1 aromatic heterocycles. The van der Waals surface area contributed by atoms with Gasteiger partial charge in [-0.25, -0.2) is 9.59 Å². The van der Waals surface area contributed by atoms with Crippen molar-refractivity contribution >= 4 is 11.9 Å². The molecule has 0 bridgehead atoms. The predicted molar refractivity (Wildman–Crippen MR) is 84.6 cm³/mol. The van der Waals surface area contributed by atoms with Gasteiger partial charge in [0.25, 0.3) is 0 Å². The molecule has 1 aliphatic rings. The van der Waals surface area contributed by atoms with Crippen molar-refractivity contribution in [2.75, 3.05) is 13.4 Å². The topological polar surface area (TPSA) is 87.0 Å². The Morgan fingerprint density at radius 1 is 1.21 bits per heavy atom. The van der Waals surface area contributed by atoms with Crippen molar-refractivity contribution in [3.63, 3.8) is 0 Å². The Balaban J connectivity index is 2.17. The second kappa shape index (κ2) is 5.92. The van der Waals surface area contributed by atoms with Crippen LogP contribution in [0, 0.1) is 6.92 Å². The van der Waals surface area contributed by atoms with Crippen molar-refractivity contribution in [1.29, 1.82) is 0 Å². The minimum Gasteiger partial charge on any atom is -0.478 e. The Hall–Kier alpha value is -2.96. The molecule has 1 aromatic carbocycles. The van der Waals surface area contributed by atoms with Gasteiger partial charge in [0.15, 0.2) is 11.5 Å². The second-order valence-electron chi connectivity index (χ2n) is 5.36. The molecular weight excluding hydrogens is 314 g/mol. The number of hydrogen-bond acceptors (Lipinski definition) is 5. The summed E-state index contributed by atoms with van der Waals surface area (Å²) >= 11 is 0. The molecule has 7 heteroatoms. The molecule has 0 saturated heterocycles. The SMILES string of the molecule is CCOC(=O)c1cc(-c2cc3c(cc2C(=O)O)OCO3)n(C)c1C. The Kier molecular flexibility index (Phi) is 3.92. The second-order valence-corrected chi connectivity index (χ2v) is 5.36. The lowest BCUT2D eigenvalue weighted by Crippen LogP contribution is -2.06. The van der Waals surface area contributed by atoms with Gasteiger partial charge >= 0.3 is 11.9 Å². The number of nitrogens with zero attached hydrogens (tertiary/aromatic N) is 1. The lowest BCUT2D eigenvalue weighted by molar-refractivity contribution is 0.0525. The summed E-state index contributed by atoms with van der Waals surface area (Å²) in [5.74, 6) is -0.645. The summed E-state index contributed by atoms with van der Waals surface area (Å²) in [5.41, 5.74) is 2.22. The monoisotopic (exact) mass is 331 g/mol. The lowest BCUT2D eigenvalue weighted by atomic mass is 10.0. The van der Waals surface area contributed by atoms with Gasteiger partial charge in [0.1, 0.15) is 0 Å². The van der Waals surface area contributed by atoms with E-state index < -0.39 is 11.9 Å². The number of carbonyl (C=O) groups is 2. The van der Waals surface area contributed by atoms with Crippen LogP contribution in [0.2, 0.25) is 0 Å². The fraction of sp³-hybridized carbons (Fsp3) is 0.294. The van der Waals surface area contributed by atoms with Gasteiger partial charge in [0, 0.05) is 24.0 Å². The number of hydrogen-bond donors (Lipinski definition) is 1. The van der Waals surface area contributed by atoms with Crippen molar-refractivity contribution in [1.82, 2.24) is 4.57 Å². The molecule has 1 N–H and O–H groups in total. The number of aromatic nitrogens is 1. The van der Waals surface area contributed by atoms with Gasteiger partial charge in [0.05, 0.1) is 17.7 Å². The van der Waals surface area contributed by atoms with E-state index in [0.29, 0.717) is 34.0 Å². The van der Waals surface area contributed by atoms with E-state index in [4.69, 9.17) is 14.2 Å². The Morgan fingerprint density at radius 3 is 2.50 bits per heavy atom. The van der Waals surface area contributed by atoms with Crippen molar-refractivity contribution < 1.29 is 28.9 Å². The first-order chi connectivity index (χ1) is 11.4. The van der Waals surface area contributed by atoms with Crippen LogP contribution in [-0.4, -0.2) is 35.0 Å². The molecule has 0 fully saturated rings. The molecule has 0 aliphatic carbocycles. The van der Waals surface area contributed by atoms with Crippen molar-refractivity contribution in [2.24, 2.45) is 7.05 Å². The molecule has 0 saturated carbocycles. The molecule has 24 heavy (non-hydrogen) atoms. The van der Waals surface area contributed by atoms with Gasteiger partial charge in [-0.15, -0.1) is 0 Å². The number of esters is 1. The van der Waals surface area contributed by atoms with Gasteiger partial charge < -0.3 is 23.9 Å². The molecule has 7 nitrogen and oxygen atoms in total. The largest absolute Gasteiger partial charge is 0.478 e. The highest BCUT2D eigenvalue weighted by atomic mass is 16.7. The summed E-state index contributed by atoms with van der Waals surface area (Å²) in [4.78, 5) is 23.7. The van der Waals surface area contributed by atoms with Crippen LogP contribution in [0.3, 0.4) is 0 Å². The van der Waals surface area contributed by atoms with Gasteiger partial charge in [-0.2, -0.15) is 0 Å². The third-order valence-electron chi connectivity index (χ3n) is 4.05. The van der Waals surface area contributed by atoms with E-state index in [1.54, 1.807) is 37.6 Å². The number of carboxylic acid groups (broad SMARTS) is 1.